The van der Waals surface area contributed by atoms with Gasteiger partial charge in [-0.2, -0.15) is 15.8 Å². The summed E-state index contributed by atoms with van der Waals surface area (Å²) in [6, 6.07) is 12.9. The lowest BCUT2D eigenvalue weighted by atomic mass is 9.58. The van der Waals surface area contributed by atoms with Crippen molar-refractivity contribution >= 4 is 5.91 Å². The van der Waals surface area contributed by atoms with E-state index in [4.69, 9.17) is 20.9 Å². The second-order valence-corrected chi connectivity index (χ2v) is 6.54. The Bertz CT molecular complexity index is 992. The molecule has 2 atom stereocenters. The number of benzene rings is 1. The molecule has 28 heavy (non-hydrogen) atoms. The Kier molecular flexibility index (Phi) is 5.04. The molecule has 3 rings (SSSR count). The minimum absolute atomic E-state index is 0.0575. The molecule has 2 aliphatic rings. The summed E-state index contributed by atoms with van der Waals surface area (Å²) >= 11 is 0. The Morgan fingerprint density at radius 2 is 2.07 bits per heavy atom. The number of rotatable bonds is 4. The number of nitriles is 3. The zero-order valence-electron chi connectivity index (χ0n) is 14.9. The highest BCUT2D eigenvalue weighted by molar-refractivity contribution is 5.75. The van der Waals surface area contributed by atoms with E-state index >= 15 is 0 Å². The Balaban J connectivity index is 2.18. The highest BCUT2D eigenvalue weighted by atomic mass is 16.5. The van der Waals surface area contributed by atoms with E-state index in [0.29, 0.717) is 23.5 Å². The maximum Gasteiger partial charge on any atom is 0.255 e. The Morgan fingerprint density at radius 1 is 1.32 bits per heavy atom. The van der Waals surface area contributed by atoms with E-state index in [1.165, 1.54) is 0 Å². The van der Waals surface area contributed by atoms with Gasteiger partial charge in [0.05, 0.1) is 36.6 Å². The zero-order chi connectivity index (χ0) is 20.3. The highest BCUT2D eigenvalue weighted by Crippen LogP contribution is 2.54. The second kappa shape index (κ2) is 7.44. The number of allylic oxidation sites excluding steroid dienone is 2. The van der Waals surface area contributed by atoms with Crippen LogP contribution in [0.1, 0.15) is 11.5 Å². The molecule has 1 aliphatic carbocycles. The van der Waals surface area contributed by atoms with Crippen LogP contribution >= 0.6 is 0 Å². The van der Waals surface area contributed by atoms with Crippen LogP contribution < -0.4 is 16.2 Å². The summed E-state index contributed by atoms with van der Waals surface area (Å²) < 4.78 is 10.9. The number of fused-ring (bicyclic) bond motifs is 1. The Morgan fingerprint density at radius 3 is 2.71 bits per heavy atom. The summed E-state index contributed by atoms with van der Waals surface area (Å²) in [4.78, 5) is 11.0. The van der Waals surface area contributed by atoms with Crippen molar-refractivity contribution in [2.75, 3.05) is 19.8 Å². The van der Waals surface area contributed by atoms with Gasteiger partial charge >= 0.3 is 0 Å². The number of hydrogen-bond donors (Lipinski definition) is 2. The van der Waals surface area contributed by atoms with Gasteiger partial charge in [-0.3, -0.25) is 4.79 Å². The number of nitrogens with zero attached hydrogens (tertiary/aromatic N) is 3. The first-order valence-corrected chi connectivity index (χ1v) is 8.50. The van der Waals surface area contributed by atoms with Crippen LogP contribution in [0.2, 0.25) is 0 Å². The van der Waals surface area contributed by atoms with Gasteiger partial charge in [0, 0.05) is 11.8 Å². The molecule has 0 saturated heterocycles. The maximum absolute atomic E-state index is 11.0. The van der Waals surface area contributed by atoms with Crippen molar-refractivity contribution in [2.45, 2.75) is 5.92 Å². The molecule has 8 heteroatoms. The van der Waals surface area contributed by atoms with Crippen molar-refractivity contribution in [3.63, 3.8) is 0 Å². The number of carbonyl (C=O) groups excluding carboxylic acids is 1. The summed E-state index contributed by atoms with van der Waals surface area (Å²) in [5, 5.41) is 29.5. The Labute approximate surface area is 161 Å². The minimum Gasteiger partial charge on any atom is -0.484 e. The molecule has 4 N–H and O–H groups in total. The average Bonchev–Trinajstić information content (AvgIpc) is 2.71. The quantitative estimate of drug-likeness (QED) is 0.793. The smallest absolute Gasteiger partial charge is 0.255 e. The molecule has 1 heterocycles. The lowest BCUT2D eigenvalue weighted by molar-refractivity contribution is -0.119. The summed E-state index contributed by atoms with van der Waals surface area (Å²) in [6.45, 7) is 0.269. The van der Waals surface area contributed by atoms with E-state index in [1.807, 2.05) is 18.2 Å². The van der Waals surface area contributed by atoms with E-state index in [1.54, 1.807) is 30.3 Å². The van der Waals surface area contributed by atoms with Crippen LogP contribution in [0.25, 0.3) is 0 Å². The van der Waals surface area contributed by atoms with E-state index < -0.39 is 23.2 Å². The van der Waals surface area contributed by atoms with E-state index in [9.17, 15) is 20.6 Å². The molecule has 0 radical (unpaired) electrons. The van der Waals surface area contributed by atoms with Crippen molar-refractivity contribution < 1.29 is 14.3 Å². The standard InChI is InChI=1S/C20H17N5O3/c21-7-15-14-4-5-27-8-16(14)18(20(10-22,11-23)19(15)25)12-2-1-3-13(6-12)28-9-17(24)26/h1-4,6,16,18H,5,8-9,25H2,(H2,24,26). The normalized spacial score (nSPS) is 22.7. The summed E-state index contributed by atoms with van der Waals surface area (Å²) in [7, 11) is 0. The third-order valence-corrected chi connectivity index (χ3v) is 5.03. The topological polar surface area (TPSA) is 159 Å². The van der Waals surface area contributed by atoms with E-state index in [0.717, 1.165) is 0 Å². The number of primary amides is 1. The molecule has 1 amide bonds. The van der Waals surface area contributed by atoms with Crippen molar-refractivity contribution in [1.29, 1.82) is 15.8 Å². The monoisotopic (exact) mass is 375 g/mol. The van der Waals surface area contributed by atoms with E-state index in [2.05, 4.69) is 0 Å². The van der Waals surface area contributed by atoms with Gasteiger partial charge in [0.25, 0.3) is 5.91 Å². The molecular weight excluding hydrogens is 358 g/mol. The molecule has 8 nitrogen and oxygen atoms in total. The van der Waals surface area contributed by atoms with Crippen molar-refractivity contribution in [1.82, 2.24) is 0 Å². The number of nitrogens with two attached hydrogens (primary N) is 2. The van der Waals surface area contributed by atoms with Gasteiger partial charge in [-0.15, -0.1) is 0 Å². The van der Waals surface area contributed by atoms with Gasteiger partial charge in [-0.05, 0) is 23.3 Å². The van der Waals surface area contributed by atoms with Gasteiger partial charge in [0.15, 0.2) is 12.0 Å². The third kappa shape index (κ3) is 2.95. The average molecular weight is 375 g/mol. The first-order chi connectivity index (χ1) is 13.5. The molecule has 2 unspecified atom stereocenters. The van der Waals surface area contributed by atoms with Gasteiger partial charge in [-0.25, -0.2) is 0 Å². The van der Waals surface area contributed by atoms with Crippen LogP contribution in [0.5, 0.6) is 5.75 Å². The fourth-order valence-electron chi connectivity index (χ4n) is 3.81. The van der Waals surface area contributed by atoms with Crippen LogP contribution in [-0.2, 0) is 9.53 Å². The number of amides is 1. The van der Waals surface area contributed by atoms with Crippen LogP contribution in [0.3, 0.4) is 0 Å². The largest absolute Gasteiger partial charge is 0.484 e. The molecule has 0 saturated carbocycles. The third-order valence-electron chi connectivity index (χ3n) is 5.03. The molecule has 0 aromatic heterocycles. The molecule has 140 valence electrons. The fourth-order valence-corrected chi connectivity index (χ4v) is 3.81. The van der Waals surface area contributed by atoms with E-state index in [-0.39, 0.29) is 24.5 Å². The minimum atomic E-state index is -1.74. The molecule has 1 aliphatic heterocycles. The molecular formula is C20H17N5O3. The van der Waals surface area contributed by atoms with Gasteiger partial charge < -0.3 is 20.9 Å². The lowest BCUT2D eigenvalue weighted by Crippen LogP contribution is -2.44. The number of carbonyl (C=O) groups is 1. The predicted molar refractivity (Wildman–Crippen MR) is 96.7 cm³/mol. The van der Waals surface area contributed by atoms with Crippen LogP contribution in [0.15, 0.2) is 47.2 Å². The zero-order valence-corrected chi connectivity index (χ0v) is 14.9. The first kappa shape index (κ1) is 19.0. The molecule has 0 bridgehead atoms. The predicted octanol–water partition coefficient (Wildman–Crippen LogP) is 0.991. The summed E-state index contributed by atoms with van der Waals surface area (Å²) in [5.41, 5.74) is 11.0. The number of hydrogen-bond acceptors (Lipinski definition) is 7. The first-order valence-electron chi connectivity index (χ1n) is 8.50. The van der Waals surface area contributed by atoms with Crippen LogP contribution in [-0.4, -0.2) is 25.7 Å². The maximum atomic E-state index is 11.0. The second-order valence-electron chi connectivity index (χ2n) is 6.54. The lowest BCUT2D eigenvalue weighted by Gasteiger charge is -2.43. The van der Waals surface area contributed by atoms with Crippen molar-refractivity contribution in [2.24, 2.45) is 22.8 Å². The molecule has 1 aromatic carbocycles. The molecule has 0 fully saturated rings. The fraction of sp³-hybridized carbons (Fsp3) is 0.300. The van der Waals surface area contributed by atoms with Gasteiger partial charge in [0.1, 0.15) is 11.8 Å². The summed E-state index contributed by atoms with van der Waals surface area (Å²) in [5.74, 6) is -1.33. The van der Waals surface area contributed by atoms with Crippen LogP contribution in [0.4, 0.5) is 0 Å². The number of ether oxygens (including phenoxy) is 2. The van der Waals surface area contributed by atoms with Crippen molar-refractivity contribution in [3.05, 3.63) is 52.7 Å². The van der Waals surface area contributed by atoms with Crippen molar-refractivity contribution in [3.8, 4) is 24.0 Å². The summed E-state index contributed by atoms with van der Waals surface area (Å²) in [6.07, 6.45) is 1.76. The Hall–Kier alpha value is -3.80. The van der Waals surface area contributed by atoms with Gasteiger partial charge in [-0.1, -0.05) is 18.2 Å². The SMILES string of the molecule is N#CC1=C(N)C(C#N)(C#N)C(c2cccc(OCC(N)=O)c2)C2COCC=C12. The van der Waals surface area contributed by atoms with Gasteiger partial charge in [0.2, 0.25) is 0 Å². The van der Waals surface area contributed by atoms with Crippen LogP contribution in [0, 0.1) is 45.3 Å². The highest BCUT2D eigenvalue weighted by Gasteiger charge is 2.54. The molecule has 1 aromatic rings. The molecule has 0 spiro atoms.